The maximum absolute atomic E-state index is 12.6. The Bertz CT molecular complexity index is 969. The molecule has 0 saturated heterocycles. The molecule has 0 fully saturated rings. The summed E-state index contributed by atoms with van der Waals surface area (Å²) in [6.07, 6.45) is 0. The third-order valence-corrected chi connectivity index (χ3v) is 4.70. The summed E-state index contributed by atoms with van der Waals surface area (Å²) in [5, 5.41) is 0.989. The Labute approximate surface area is 149 Å². The van der Waals surface area contributed by atoms with Crippen molar-refractivity contribution in [3.8, 4) is 5.75 Å². The smallest absolute Gasteiger partial charge is 0.387 e. The highest BCUT2D eigenvalue weighted by molar-refractivity contribution is 9.10. The number of halogens is 4. The molecule has 1 heterocycles. The first-order valence-corrected chi connectivity index (χ1v) is 8.13. The van der Waals surface area contributed by atoms with Gasteiger partial charge in [0.15, 0.2) is 0 Å². The molecule has 0 unspecified atom stereocenters. The average molecular weight is 418 g/mol. The molecule has 0 N–H and O–H groups in total. The van der Waals surface area contributed by atoms with Gasteiger partial charge in [-0.15, -0.1) is 0 Å². The first kappa shape index (κ1) is 17.0. The van der Waals surface area contributed by atoms with Crippen molar-refractivity contribution < 1.29 is 13.5 Å². The van der Waals surface area contributed by atoms with Crippen molar-refractivity contribution in [2.75, 3.05) is 0 Å². The minimum Gasteiger partial charge on any atom is -0.434 e. The van der Waals surface area contributed by atoms with E-state index in [0.717, 1.165) is 0 Å². The molecule has 8 heteroatoms. The van der Waals surface area contributed by atoms with Gasteiger partial charge in [0.2, 0.25) is 0 Å². The van der Waals surface area contributed by atoms with Crippen LogP contribution in [-0.4, -0.2) is 16.0 Å². The summed E-state index contributed by atoms with van der Waals surface area (Å²) in [4.78, 5) is 12.3. The summed E-state index contributed by atoms with van der Waals surface area (Å²) in [5.74, 6) is 0.0516. The molecule has 3 rings (SSSR count). The van der Waals surface area contributed by atoms with Gasteiger partial charge in [-0.05, 0) is 30.3 Å². The van der Waals surface area contributed by atoms with Crippen molar-refractivity contribution in [2.45, 2.75) is 13.2 Å². The van der Waals surface area contributed by atoms with Gasteiger partial charge in [0.1, 0.15) is 5.75 Å². The molecule has 126 valence electrons. The van der Waals surface area contributed by atoms with Gasteiger partial charge in [0.25, 0.3) is 5.56 Å². The molecule has 0 aliphatic carbocycles. The Morgan fingerprint density at radius 3 is 2.75 bits per heavy atom. The van der Waals surface area contributed by atoms with Crippen LogP contribution < -0.4 is 10.3 Å². The van der Waals surface area contributed by atoms with E-state index < -0.39 is 6.61 Å². The fraction of sp³-hybridized carbons (Fsp3) is 0.188. The lowest BCUT2D eigenvalue weighted by molar-refractivity contribution is -0.0505. The van der Waals surface area contributed by atoms with Gasteiger partial charge in [-0.25, -0.2) is 0 Å². The van der Waals surface area contributed by atoms with E-state index in [9.17, 15) is 13.6 Å². The number of alkyl halides is 2. The van der Waals surface area contributed by atoms with E-state index in [2.05, 4.69) is 20.7 Å². The maximum Gasteiger partial charge on any atom is 0.387 e. The summed E-state index contributed by atoms with van der Waals surface area (Å²) in [7, 11) is 1.61. The SMILES string of the molecule is Cn1c(=O)c2ccc(Cl)cc2n1Cc1c(Br)cccc1OC(F)F. The van der Waals surface area contributed by atoms with Crippen molar-refractivity contribution >= 4 is 38.4 Å². The van der Waals surface area contributed by atoms with Crippen LogP contribution in [0.25, 0.3) is 10.9 Å². The predicted molar refractivity (Wildman–Crippen MR) is 92.1 cm³/mol. The quantitative estimate of drug-likeness (QED) is 0.631. The summed E-state index contributed by atoms with van der Waals surface area (Å²) < 4.78 is 33.6. The predicted octanol–water partition coefficient (Wildman–Crippen LogP) is 4.41. The largest absolute Gasteiger partial charge is 0.434 e. The summed E-state index contributed by atoms with van der Waals surface area (Å²) in [6, 6.07) is 9.75. The zero-order valence-corrected chi connectivity index (χ0v) is 14.8. The number of benzene rings is 2. The van der Waals surface area contributed by atoms with Crippen LogP contribution in [0.15, 0.2) is 45.7 Å². The van der Waals surface area contributed by atoms with Crippen molar-refractivity contribution in [1.82, 2.24) is 9.36 Å². The van der Waals surface area contributed by atoms with Crippen molar-refractivity contribution in [3.63, 3.8) is 0 Å². The maximum atomic E-state index is 12.6. The third-order valence-electron chi connectivity index (χ3n) is 3.72. The van der Waals surface area contributed by atoms with Crippen LogP contribution in [0.5, 0.6) is 5.75 Å². The number of hydrogen-bond donors (Lipinski definition) is 0. The van der Waals surface area contributed by atoms with Crippen molar-refractivity contribution in [1.29, 1.82) is 0 Å². The highest BCUT2D eigenvalue weighted by atomic mass is 79.9. The molecule has 0 atom stereocenters. The molecular formula is C16H12BrClF2N2O2. The Hall–Kier alpha value is -1.86. The van der Waals surface area contributed by atoms with Gasteiger partial charge in [0, 0.05) is 22.1 Å². The molecular weight excluding hydrogens is 406 g/mol. The molecule has 0 saturated carbocycles. The lowest BCUT2D eigenvalue weighted by Crippen LogP contribution is -2.20. The molecule has 0 amide bonds. The zero-order chi connectivity index (χ0) is 17.4. The molecule has 0 aliphatic rings. The molecule has 0 radical (unpaired) electrons. The van der Waals surface area contributed by atoms with E-state index in [1.54, 1.807) is 42.1 Å². The normalized spacial score (nSPS) is 11.4. The van der Waals surface area contributed by atoms with Crippen LogP contribution in [0.3, 0.4) is 0 Å². The first-order chi connectivity index (χ1) is 11.4. The molecule has 0 aliphatic heterocycles. The topological polar surface area (TPSA) is 36.2 Å². The van der Waals surface area contributed by atoms with Crippen LogP contribution in [0, 0.1) is 0 Å². The van der Waals surface area contributed by atoms with Crippen LogP contribution in [0.2, 0.25) is 5.02 Å². The van der Waals surface area contributed by atoms with E-state index >= 15 is 0 Å². The highest BCUT2D eigenvalue weighted by Gasteiger charge is 2.17. The van der Waals surface area contributed by atoms with Crippen molar-refractivity contribution in [3.05, 3.63) is 61.8 Å². The third kappa shape index (κ3) is 3.06. The van der Waals surface area contributed by atoms with Crippen LogP contribution in [0.4, 0.5) is 8.78 Å². The number of rotatable bonds is 4. The number of hydrogen-bond acceptors (Lipinski definition) is 2. The van der Waals surface area contributed by atoms with Gasteiger partial charge in [-0.1, -0.05) is 33.6 Å². The molecule has 2 aromatic carbocycles. The average Bonchev–Trinajstić information content (AvgIpc) is 2.74. The van der Waals surface area contributed by atoms with Crippen LogP contribution in [-0.2, 0) is 13.6 Å². The fourth-order valence-electron chi connectivity index (χ4n) is 2.58. The minimum atomic E-state index is -2.93. The van der Waals surface area contributed by atoms with E-state index in [0.29, 0.717) is 26.0 Å². The highest BCUT2D eigenvalue weighted by Crippen LogP contribution is 2.30. The van der Waals surface area contributed by atoms with E-state index in [1.165, 1.54) is 10.7 Å². The zero-order valence-electron chi connectivity index (χ0n) is 12.5. The van der Waals surface area contributed by atoms with E-state index in [4.69, 9.17) is 11.6 Å². The number of ether oxygens (including phenoxy) is 1. The second-order valence-corrected chi connectivity index (χ2v) is 6.43. The number of aromatic nitrogens is 2. The summed E-state index contributed by atoms with van der Waals surface area (Å²) in [6.45, 7) is -2.77. The second kappa shape index (κ2) is 6.57. The van der Waals surface area contributed by atoms with E-state index in [1.807, 2.05) is 0 Å². The van der Waals surface area contributed by atoms with E-state index in [-0.39, 0.29) is 17.9 Å². The Balaban J connectivity index is 2.16. The van der Waals surface area contributed by atoms with Gasteiger partial charge in [0.05, 0.1) is 17.4 Å². The Morgan fingerprint density at radius 1 is 1.29 bits per heavy atom. The van der Waals surface area contributed by atoms with Gasteiger partial charge >= 0.3 is 6.61 Å². The minimum absolute atomic E-state index is 0.0516. The fourth-order valence-corrected chi connectivity index (χ4v) is 3.22. The Kier molecular flexibility index (Phi) is 4.64. The van der Waals surface area contributed by atoms with Crippen LogP contribution in [0.1, 0.15) is 5.56 Å². The lowest BCUT2D eigenvalue weighted by atomic mass is 10.2. The van der Waals surface area contributed by atoms with Gasteiger partial charge < -0.3 is 4.74 Å². The van der Waals surface area contributed by atoms with Crippen LogP contribution >= 0.6 is 27.5 Å². The Morgan fingerprint density at radius 2 is 2.04 bits per heavy atom. The molecule has 4 nitrogen and oxygen atoms in total. The molecule has 0 spiro atoms. The first-order valence-electron chi connectivity index (χ1n) is 6.95. The second-order valence-electron chi connectivity index (χ2n) is 5.14. The summed E-state index contributed by atoms with van der Waals surface area (Å²) in [5.41, 5.74) is 0.934. The number of fused-ring (bicyclic) bond motifs is 1. The van der Waals surface area contributed by atoms with Crippen molar-refractivity contribution in [2.24, 2.45) is 7.05 Å². The molecule has 3 aromatic rings. The monoisotopic (exact) mass is 416 g/mol. The lowest BCUT2D eigenvalue weighted by Gasteiger charge is -2.15. The molecule has 0 bridgehead atoms. The summed E-state index contributed by atoms with van der Waals surface area (Å²) >= 11 is 9.38. The molecule has 1 aromatic heterocycles. The van der Waals surface area contributed by atoms with Gasteiger partial charge in [-0.3, -0.25) is 14.2 Å². The van der Waals surface area contributed by atoms with Gasteiger partial charge in [-0.2, -0.15) is 8.78 Å². The standard InChI is InChI=1S/C16H12BrClF2N2O2/c1-21-15(23)10-6-5-9(18)7-13(10)22(21)8-11-12(17)3-2-4-14(11)24-16(19)20/h2-7,16H,8H2,1H3. The number of nitrogens with zero attached hydrogens (tertiary/aromatic N) is 2. The molecule has 24 heavy (non-hydrogen) atoms.